The molecule has 0 N–H and O–H groups in total. The van der Waals surface area contributed by atoms with Gasteiger partial charge >= 0.3 is 0 Å². The highest BCUT2D eigenvalue weighted by molar-refractivity contribution is 4.80. The SMILES string of the molecule is CC(C)C1CN(C#N)CCCO1. The minimum Gasteiger partial charge on any atom is -0.376 e. The number of nitriles is 1. The first kappa shape index (κ1) is 9.34. The van der Waals surface area contributed by atoms with E-state index in [1.54, 1.807) is 4.90 Å². The van der Waals surface area contributed by atoms with Gasteiger partial charge in [-0.2, -0.15) is 5.26 Å². The lowest BCUT2D eigenvalue weighted by Gasteiger charge is -2.21. The minimum absolute atomic E-state index is 0.229. The van der Waals surface area contributed by atoms with Gasteiger partial charge in [0.15, 0.2) is 6.19 Å². The molecule has 0 radical (unpaired) electrons. The van der Waals surface area contributed by atoms with Crippen molar-refractivity contribution >= 4 is 0 Å². The molecule has 1 rings (SSSR count). The third-order valence-corrected chi connectivity index (χ3v) is 2.19. The third kappa shape index (κ3) is 2.38. The van der Waals surface area contributed by atoms with E-state index in [0.717, 1.165) is 26.1 Å². The van der Waals surface area contributed by atoms with Crippen molar-refractivity contribution in [1.29, 1.82) is 5.26 Å². The maximum Gasteiger partial charge on any atom is 0.179 e. The second-order valence-corrected chi connectivity index (χ2v) is 3.55. The average Bonchev–Trinajstić information content (AvgIpc) is 2.28. The molecule has 1 saturated heterocycles. The molecule has 1 fully saturated rings. The lowest BCUT2D eigenvalue weighted by Crippen LogP contribution is -2.31. The lowest BCUT2D eigenvalue weighted by atomic mass is 10.1. The maximum atomic E-state index is 8.74. The quantitative estimate of drug-likeness (QED) is 0.552. The van der Waals surface area contributed by atoms with Crippen molar-refractivity contribution in [2.45, 2.75) is 26.4 Å². The Morgan fingerprint density at radius 1 is 1.58 bits per heavy atom. The molecule has 0 aromatic heterocycles. The van der Waals surface area contributed by atoms with E-state index in [-0.39, 0.29) is 6.10 Å². The van der Waals surface area contributed by atoms with Gasteiger partial charge in [0.25, 0.3) is 0 Å². The maximum absolute atomic E-state index is 8.74. The molecule has 3 nitrogen and oxygen atoms in total. The molecule has 1 unspecified atom stereocenters. The zero-order valence-corrected chi connectivity index (χ0v) is 7.79. The molecule has 1 heterocycles. The van der Waals surface area contributed by atoms with E-state index in [1.807, 2.05) is 0 Å². The normalized spacial score (nSPS) is 25.2. The monoisotopic (exact) mass is 168 g/mol. The average molecular weight is 168 g/mol. The number of rotatable bonds is 1. The highest BCUT2D eigenvalue weighted by atomic mass is 16.5. The molecular weight excluding hydrogens is 152 g/mol. The van der Waals surface area contributed by atoms with Crippen LogP contribution in [0.1, 0.15) is 20.3 Å². The van der Waals surface area contributed by atoms with Crippen LogP contribution in [0.4, 0.5) is 0 Å². The van der Waals surface area contributed by atoms with Gasteiger partial charge in [-0.05, 0) is 12.3 Å². The summed E-state index contributed by atoms with van der Waals surface area (Å²) in [4.78, 5) is 1.79. The van der Waals surface area contributed by atoms with Gasteiger partial charge in [-0.25, -0.2) is 0 Å². The van der Waals surface area contributed by atoms with Crippen LogP contribution in [0.3, 0.4) is 0 Å². The highest BCUT2D eigenvalue weighted by Gasteiger charge is 2.20. The van der Waals surface area contributed by atoms with Gasteiger partial charge in [-0.3, -0.25) is 0 Å². The zero-order valence-electron chi connectivity index (χ0n) is 7.79. The number of hydrogen-bond acceptors (Lipinski definition) is 3. The van der Waals surface area contributed by atoms with E-state index in [4.69, 9.17) is 10.00 Å². The summed E-state index contributed by atoms with van der Waals surface area (Å²) in [6, 6.07) is 0. The van der Waals surface area contributed by atoms with Crippen LogP contribution in [0.2, 0.25) is 0 Å². The van der Waals surface area contributed by atoms with E-state index in [9.17, 15) is 0 Å². The molecule has 12 heavy (non-hydrogen) atoms. The Balaban J connectivity index is 2.49. The predicted molar refractivity (Wildman–Crippen MR) is 46.4 cm³/mol. The Morgan fingerprint density at radius 2 is 2.33 bits per heavy atom. The van der Waals surface area contributed by atoms with Crippen molar-refractivity contribution in [1.82, 2.24) is 4.90 Å². The summed E-state index contributed by atoms with van der Waals surface area (Å²) in [5.74, 6) is 0.499. The summed E-state index contributed by atoms with van der Waals surface area (Å²) in [7, 11) is 0. The van der Waals surface area contributed by atoms with Crippen molar-refractivity contribution < 1.29 is 4.74 Å². The Bertz CT molecular complexity index is 174. The smallest absolute Gasteiger partial charge is 0.179 e. The fraction of sp³-hybridized carbons (Fsp3) is 0.889. The largest absolute Gasteiger partial charge is 0.376 e. The van der Waals surface area contributed by atoms with E-state index >= 15 is 0 Å². The minimum atomic E-state index is 0.229. The van der Waals surface area contributed by atoms with Gasteiger partial charge in [-0.15, -0.1) is 0 Å². The fourth-order valence-corrected chi connectivity index (χ4v) is 1.35. The van der Waals surface area contributed by atoms with Crippen LogP contribution >= 0.6 is 0 Å². The van der Waals surface area contributed by atoms with Gasteiger partial charge in [0.1, 0.15) is 0 Å². The van der Waals surface area contributed by atoms with Crippen LogP contribution in [-0.2, 0) is 4.74 Å². The van der Waals surface area contributed by atoms with E-state index < -0.39 is 0 Å². The van der Waals surface area contributed by atoms with Crippen LogP contribution in [0.5, 0.6) is 0 Å². The number of ether oxygens (including phenoxy) is 1. The summed E-state index contributed by atoms with van der Waals surface area (Å²) < 4.78 is 5.60. The summed E-state index contributed by atoms with van der Waals surface area (Å²) >= 11 is 0. The lowest BCUT2D eigenvalue weighted by molar-refractivity contribution is 0.0282. The molecule has 0 amide bonds. The summed E-state index contributed by atoms with van der Waals surface area (Å²) in [6.07, 6.45) is 3.38. The molecule has 0 aromatic carbocycles. The Kier molecular flexibility index (Phi) is 3.36. The summed E-state index contributed by atoms with van der Waals surface area (Å²) in [5.41, 5.74) is 0. The van der Waals surface area contributed by atoms with Crippen molar-refractivity contribution in [3.8, 4) is 6.19 Å². The number of hydrogen-bond donors (Lipinski definition) is 0. The Labute approximate surface area is 73.9 Å². The van der Waals surface area contributed by atoms with Crippen molar-refractivity contribution in [3.63, 3.8) is 0 Å². The Hall–Kier alpha value is -0.750. The Morgan fingerprint density at radius 3 is 2.92 bits per heavy atom. The summed E-state index contributed by atoms with van der Waals surface area (Å²) in [5, 5.41) is 8.74. The van der Waals surface area contributed by atoms with Gasteiger partial charge in [0.2, 0.25) is 0 Å². The number of nitrogens with zero attached hydrogens (tertiary/aromatic N) is 2. The third-order valence-electron chi connectivity index (χ3n) is 2.19. The molecule has 1 aliphatic rings. The second-order valence-electron chi connectivity index (χ2n) is 3.55. The van der Waals surface area contributed by atoms with E-state index in [1.165, 1.54) is 0 Å². The molecule has 0 spiro atoms. The molecule has 0 aromatic rings. The van der Waals surface area contributed by atoms with E-state index in [2.05, 4.69) is 20.0 Å². The molecule has 1 aliphatic heterocycles. The van der Waals surface area contributed by atoms with Crippen LogP contribution in [-0.4, -0.2) is 30.7 Å². The van der Waals surface area contributed by atoms with Gasteiger partial charge in [0, 0.05) is 13.2 Å². The molecule has 0 saturated carbocycles. The van der Waals surface area contributed by atoms with Crippen LogP contribution in [0, 0.1) is 17.4 Å². The summed E-state index contributed by atoms with van der Waals surface area (Å²) in [6.45, 7) is 6.66. The van der Waals surface area contributed by atoms with Crippen molar-refractivity contribution in [2.75, 3.05) is 19.7 Å². The van der Waals surface area contributed by atoms with Crippen LogP contribution in [0.15, 0.2) is 0 Å². The molecular formula is C9H16N2O. The first-order valence-corrected chi connectivity index (χ1v) is 4.50. The first-order chi connectivity index (χ1) is 5.74. The molecule has 3 heteroatoms. The molecule has 0 bridgehead atoms. The predicted octanol–water partition coefficient (Wildman–Crippen LogP) is 1.21. The van der Waals surface area contributed by atoms with Crippen molar-refractivity contribution in [2.24, 2.45) is 5.92 Å². The van der Waals surface area contributed by atoms with Gasteiger partial charge < -0.3 is 9.64 Å². The standard InChI is InChI=1S/C9H16N2O/c1-8(2)9-6-11(7-10)4-3-5-12-9/h8-9H,3-6H2,1-2H3. The molecule has 68 valence electrons. The van der Waals surface area contributed by atoms with Gasteiger partial charge in [-0.1, -0.05) is 13.8 Å². The second kappa shape index (κ2) is 4.32. The van der Waals surface area contributed by atoms with Crippen LogP contribution in [0.25, 0.3) is 0 Å². The molecule has 0 aliphatic carbocycles. The van der Waals surface area contributed by atoms with Crippen LogP contribution < -0.4 is 0 Å². The fourth-order valence-electron chi connectivity index (χ4n) is 1.35. The topological polar surface area (TPSA) is 36.3 Å². The first-order valence-electron chi connectivity index (χ1n) is 4.50. The molecule has 1 atom stereocenters. The highest BCUT2D eigenvalue weighted by Crippen LogP contribution is 2.12. The zero-order chi connectivity index (χ0) is 8.97. The van der Waals surface area contributed by atoms with Crippen molar-refractivity contribution in [3.05, 3.63) is 0 Å². The van der Waals surface area contributed by atoms with Gasteiger partial charge in [0.05, 0.1) is 12.6 Å². The van der Waals surface area contributed by atoms with E-state index in [0.29, 0.717) is 5.92 Å².